The first-order chi connectivity index (χ1) is 9.65. The van der Waals surface area contributed by atoms with Gasteiger partial charge in [-0.3, -0.25) is 4.79 Å². The van der Waals surface area contributed by atoms with Crippen molar-refractivity contribution in [2.45, 2.75) is 26.0 Å². The predicted octanol–water partition coefficient (Wildman–Crippen LogP) is 0.227. The van der Waals surface area contributed by atoms with Crippen molar-refractivity contribution in [1.29, 1.82) is 0 Å². The van der Waals surface area contributed by atoms with Crippen LogP contribution in [0.1, 0.15) is 13.3 Å². The molecule has 2 aromatic rings. The van der Waals surface area contributed by atoms with E-state index < -0.39 is 6.10 Å². The third kappa shape index (κ3) is 4.13. The fraction of sp³-hybridized carbons (Fsp3) is 0.385. The van der Waals surface area contributed by atoms with E-state index in [1.807, 2.05) is 30.3 Å². The standard InChI is InChI=1S/C13H17N5O2/c1-10(19)7-8-14-12(20)9-18-16-13(15-17-18)11-5-3-2-4-6-11/h2-6,10,19H,7-9H2,1H3,(H,14,20). The molecular formula is C13H17N5O2. The van der Waals surface area contributed by atoms with Crippen LogP contribution in [-0.4, -0.2) is 43.9 Å². The Morgan fingerprint density at radius 2 is 2.15 bits per heavy atom. The van der Waals surface area contributed by atoms with Gasteiger partial charge < -0.3 is 10.4 Å². The van der Waals surface area contributed by atoms with Gasteiger partial charge in [-0.2, -0.15) is 4.80 Å². The maximum Gasteiger partial charge on any atom is 0.243 e. The Morgan fingerprint density at radius 1 is 1.40 bits per heavy atom. The SMILES string of the molecule is CC(O)CCNC(=O)Cn1nnc(-c2ccccc2)n1. The summed E-state index contributed by atoms with van der Waals surface area (Å²) >= 11 is 0. The molecular weight excluding hydrogens is 258 g/mol. The van der Waals surface area contributed by atoms with E-state index in [1.165, 1.54) is 4.80 Å². The van der Waals surface area contributed by atoms with Gasteiger partial charge in [-0.1, -0.05) is 30.3 Å². The Kier molecular flexibility index (Phi) is 4.78. The molecule has 7 heteroatoms. The zero-order valence-corrected chi connectivity index (χ0v) is 11.2. The molecule has 0 saturated carbocycles. The van der Waals surface area contributed by atoms with Crippen molar-refractivity contribution in [3.05, 3.63) is 30.3 Å². The summed E-state index contributed by atoms with van der Waals surface area (Å²) in [7, 11) is 0. The zero-order chi connectivity index (χ0) is 14.4. The van der Waals surface area contributed by atoms with Gasteiger partial charge in [-0.05, 0) is 18.6 Å². The van der Waals surface area contributed by atoms with Crippen molar-refractivity contribution in [2.24, 2.45) is 0 Å². The van der Waals surface area contributed by atoms with Crippen LogP contribution in [0.4, 0.5) is 0 Å². The number of aromatic nitrogens is 4. The van der Waals surface area contributed by atoms with Crippen molar-refractivity contribution in [2.75, 3.05) is 6.54 Å². The summed E-state index contributed by atoms with van der Waals surface area (Å²) in [6, 6.07) is 9.44. The summed E-state index contributed by atoms with van der Waals surface area (Å²) in [5, 5.41) is 23.7. The van der Waals surface area contributed by atoms with E-state index in [4.69, 9.17) is 5.11 Å². The number of tetrazole rings is 1. The second-order valence-electron chi connectivity index (χ2n) is 4.50. The minimum Gasteiger partial charge on any atom is -0.393 e. The Hall–Kier alpha value is -2.28. The summed E-state index contributed by atoms with van der Waals surface area (Å²) in [5.74, 6) is 0.282. The van der Waals surface area contributed by atoms with Gasteiger partial charge in [0.15, 0.2) is 0 Å². The van der Waals surface area contributed by atoms with Gasteiger partial charge in [0.25, 0.3) is 0 Å². The number of nitrogens with zero attached hydrogens (tertiary/aromatic N) is 4. The lowest BCUT2D eigenvalue weighted by molar-refractivity contribution is -0.122. The summed E-state index contributed by atoms with van der Waals surface area (Å²) in [4.78, 5) is 12.9. The molecule has 0 aliphatic carbocycles. The average Bonchev–Trinajstić information content (AvgIpc) is 2.88. The summed E-state index contributed by atoms with van der Waals surface area (Å²) in [5.41, 5.74) is 0.855. The number of rotatable bonds is 6. The highest BCUT2D eigenvalue weighted by atomic mass is 16.3. The average molecular weight is 275 g/mol. The van der Waals surface area contributed by atoms with Gasteiger partial charge in [0.05, 0.1) is 6.10 Å². The number of carbonyl (C=O) groups excluding carboxylic acids is 1. The molecule has 1 aromatic carbocycles. The van der Waals surface area contributed by atoms with Gasteiger partial charge >= 0.3 is 0 Å². The van der Waals surface area contributed by atoms with Gasteiger partial charge in [-0.15, -0.1) is 10.2 Å². The van der Waals surface area contributed by atoms with E-state index in [-0.39, 0.29) is 12.5 Å². The van der Waals surface area contributed by atoms with Gasteiger partial charge in [0.2, 0.25) is 11.7 Å². The molecule has 0 saturated heterocycles. The Morgan fingerprint density at radius 3 is 2.85 bits per heavy atom. The van der Waals surface area contributed by atoms with Crippen molar-refractivity contribution in [1.82, 2.24) is 25.5 Å². The maximum absolute atomic E-state index is 11.6. The van der Waals surface area contributed by atoms with E-state index >= 15 is 0 Å². The summed E-state index contributed by atoms with van der Waals surface area (Å²) in [6.07, 6.45) is 0.0932. The smallest absolute Gasteiger partial charge is 0.243 e. The van der Waals surface area contributed by atoms with E-state index in [9.17, 15) is 4.79 Å². The topological polar surface area (TPSA) is 92.9 Å². The fourth-order valence-electron chi connectivity index (χ4n) is 1.62. The molecule has 0 aliphatic heterocycles. The Labute approximate surface area is 116 Å². The molecule has 1 atom stereocenters. The molecule has 1 aromatic heterocycles. The Bertz CT molecular complexity index is 553. The van der Waals surface area contributed by atoms with Crippen LogP contribution in [0.5, 0.6) is 0 Å². The maximum atomic E-state index is 11.6. The number of amides is 1. The van der Waals surface area contributed by atoms with E-state index in [0.717, 1.165) is 5.56 Å². The molecule has 0 fully saturated rings. The number of carbonyl (C=O) groups is 1. The highest BCUT2D eigenvalue weighted by Gasteiger charge is 2.08. The van der Waals surface area contributed by atoms with Crippen molar-refractivity contribution < 1.29 is 9.90 Å². The number of aliphatic hydroxyl groups is 1. The molecule has 0 radical (unpaired) electrons. The summed E-state index contributed by atoms with van der Waals surface area (Å²) < 4.78 is 0. The van der Waals surface area contributed by atoms with Crippen molar-refractivity contribution in [3.8, 4) is 11.4 Å². The molecule has 0 bridgehead atoms. The fourth-order valence-corrected chi connectivity index (χ4v) is 1.62. The van der Waals surface area contributed by atoms with E-state index in [0.29, 0.717) is 18.8 Å². The van der Waals surface area contributed by atoms with Crippen LogP contribution < -0.4 is 5.32 Å². The van der Waals surface area contributed by atoms with Gasteiger partial charge in [0, 0.05) is 12.1 Å². The molecule has 1 amide bonds. The Balaban J connectivity index is 1.88. The third-order valence-electron chi connectivity index (χ3n) is 2.65. The van der Waals surface area contributed by atoms with Gasteiger partial charge in [-0.25, -0.2) is 0 Å². The van der Waals surface area contributed by atoms with Crippen molar-refractivity contribution >= 4 is 5.91 Å². The molecule has 1 heterocycles. The van der Waals surface area contributed by atoms with E-state index in [1.54, 1.807) is 6.92 Å². The highest BCUT2D eigenvalue weighted by molar-refractivity contribution is 5.75. The summed E-state index contributed by atoms with van der Waals surface area (Å²) in [6.45, 7) is 2.12. The number of hydrogen-bond donors (Lipinski definition) is 2. The lowest BCUT2D eigenvalue weighted by Crippen LogP contribution is -2.30. The van der Waals surface area contributed by atoms with Crippen molar-refractivity contribution in [3.63, 3.8) is 0 Å². The quantitative estimate of drug-likeness (QED) is 0.787. The molecule has 1 unspecified atom stereocenters. The number of aliphatic hydroxyl groups excluding tert-OH is 1. The zero-order valence-electron chi connectivity index (χ0n) is 11.2. The second kappa shape index (κ2) is 6.76. The molecule has 7 nitrogen and oxygen atoms in total. The van der Waals surface area contributed by atoms with Crippen LogP contribution in [-0.2, 0) is 11.3 Å². The molecule has 106 valence electrons. The monoisotopic (exact) mass is 275 g/mol. The first-order valence-corrected chi connectivity index (χ1v) is 6.43. The number of nitrogens with one attached hydrogen (secondary N) is 1. The minimum atomic E-state index is -0.426. The van der Waals surface area contributed by atoms with Crippen LogP contribution >= 0.6 is 0 Å². The van der Waals surface area contributed by atoms with E-state index in [2.05, 4.69) is 20.7 Å². The lowest BCUT2D eigenvalue weighted by atomic mass is 10.2. The molecule has 2 N–H and O–H groups in total. The molecule has 0 spiro atoms. The largest absolute Gasteiger partial charge is 0.393 e. The molecule has 2 rings (SSSR count). The van der Waals surface area contributed by atoms with Crippen LogP contribution in [0, 0.1) is 0 Å². The molecule has 20 heavy (non-hydrogen) atoms. The number of hydrogen-bond acceptors (Lipinski definition) is 5. The third-order valence-corrected chi connectivity index (χ3v) is 2.65. The normalized spacial score (nSPS) is 12.1. The van der Waals surface area contributed by atoms with Crippen LogP contribution in [0.3, 0.4) is 0 Å². The van der Waals surface area contributed by atoms with Crippen LogP contribution in [0.25, 0.3) is 11.4 Å². The molecule has 0 aliphatic rings. The van der Waals surface area contributed by atoms with Crippen LogP contribution in [0.15, 0.2) is 30.3 Å². The van der Waals surface area contributed by atoms with Crippen LogP contribution in [0.2, 0.25) is 0 Å². The van der Waals surface area contributed by atoms with Gasteiger partial charge in [0.1, 0.15) is 6.54 Å². The highest BCUT2D eigenvalue weighted by Crippen LogP contribution is 2.11. The predicted molar refractivity (Wildman–Crippen MR) is 72.6 cm³/mol. The first-order valence-electron chi connectivity index (χ1n) is 6.43. The first kappa shape index (κ1) is 14.1. The second-order valence-corrected chi connectivity index (χ2v) is 4.50. The lowest BCUT2D eigenvalue weighted by Gasteiger charge is -2.05. The minimum absolute atomic E-state index is 0.0135. The number of benzene rings is 1.